The van der Waals surface area contributed by atoms with Gasteiger partial charge in [-0.15, -0.1) is 0 Å². The molecule has 0 bridgehead atoms. The monoisotopic (exact) mass is 469 g/mol. The van der Waals surface area contributed by atoms with E-state index in [2.05, 4.69) is 29.2 Å². The van der Waals surface area contributed by atoms with Crippen molar-refractivity contribution < 1.29 is 14.6 Å². The minimum atomic E-state index is -0.476. The van der Waals surface area contributed by atoms with Crippen LogP contribution < -0.4 is 5.43 Å². The summed E-state index contributed by atoms with van der Waals surface area (Å²) in [5, 5.41) is 10.9. The number of aromatic nitrogens is 3. The van der Waals surface area contributed by atoms with E-state index in [-0.39, 0.29) is 23.5 Å². The summed E-state index contributed by atoms with van der Waals surface area (Å²) in [5.41, 5.74) is 2.54. The Bertz CT molecular complexity index is 1350. The van der Waals surface area contributed by atoms with Crippen LogP contribution in [0.4, 0.5) is 0 Å². The van der Waals surface area contributed by atoms with Gasteiger partial charge >= 0.3 is 0 Å². The van der Waals surface area contributed by atoms with Gasteiger partial charge in [-0.1, -0.05) is 60.7 Å². The van der Waals surface area contributed by atoms with Crippen molar-refractivity contribution in [3.8, 4) is 17.3 Å². The summed E-state index contributed by atoms with van der Waals surface area (Å²) in [6, 6.07) is 21.5. The zero-order valence-electron chi connectivity index (χ0n) is 19.5. The second-order valence-corrected chi connectivity index (χ2v) is 8.75. The highest BCUT2D eigenvalue weighted by Crippen LogP contribution is 2.43. The highest BCUT2D eigenvalue weighted by Gasteiger charge is 2.36. The van der Waals surface area contributed by atoms with Crippen LogP contribution in [0.3, 0.4) is 0 Å². The first-order chi connectivity index (χ1) is 17.1. The molecule has 7 heteroatoms. The molecule has 178 valence electrons. The van der Waals surface area contributed by atoms with Gasteiger partial charge in [0.2, 0.25) is 5.43 Å². The molecule has 3 heterocycles. The molecule has 4 aromatic rings. The molecule has 2 aromatic carbocycles. The smallest absolute Gasteiger partial charge is 0.223 e. The maximum atomic E-state index is 13.1. The first-order valence-corrected chi connectivity index (χ1v) is 11.7. The van der Waals surface area contributed by atoms with E-state index >= 15 is 0 Å². The number of aromatic hydroxyl groups is 1. The van der Waals surface area contributed by atoms with E-state index in [0.29, 0.717) is 43.2 Å². The van der Waals surface area contributed by atoms with Gasteiger partial charge in [0.25, 0.3) is 0 Å². The molecule has 1 atom stereocenters. The van der Waals surface area contributed by atoms with Crippen LogP contribution in [0.2, 0.25) is 0 Å². The molecular weight excluding hydrogens is 442 g/mol. The molecule has 5 rings (SSSR count). The van der Waals surface area contributed by atoms with E-state index in [1.165, 1.54) is 6.07 Å². The summed E-state index contributed by atoms with van der Waals surface area (Å²) in [5.74, 6) is -0.0690. The summed E-state index contributed by atoms with van der Waals surface area (Å²) in [7, 11) is 1.61. The van der Waals surface area contributed by atoms with Gasteiger partial charge in [0.15, 0.2) is 17.4 Å². The lowest BCUT2D eigenvalue weighted by atomic mass is 9.83. The van der Waals surface area contributed by atoms with Crippen LogP contribution in [0.25, 0.3) is 11.5 Å². The number of ether oxygens (including phenoxy) is 1. The number of rotatable bonds is 8. The highest BCUT2D eigenvalue weighted by atomic mass is 16.5. The van der Waals surface area contributed by atoms with E-state index in [0.717, 1.165) is 11.1 Å². The normalized spacial score (nSPS) is 14.5. The fraction of sp³-hybridized carbons (Fsp3) is 0.250. The van der Waals surface area contributed by atoms with Crippen molar-refractivity contribution in [3.63, 3.8) is 0 Å². The maximum absolute atomic E-state index is 13.1. The van der Waals surface area contributed by atoms with Crippen molar-refractivity contribution in [2.45, 2.75) is 31.3 Å². The first kappa shape index (κ1) is 22.8. The number of ketones is 1. The number of methoxy groups -OCH3 is 1. The third kappa shape index (κ3) is 4.19. The van der Waals surface area contributed by atoms with Crippen LogP contribution in [-0.2, 0) is 11.3 Å². The van der Waals surface area contributed by atoms with E-state index in [4.69, 9.17) is 4.74 Å². The standard InChI is InChI=1S/C28H27N3O4/c1-35-16-8-13-23(32)21-17-29-28-26-27(34)24(33)14-15-30(26)22(18-31(21)28)25(19-9-4-2-5-10-19)20-11-6-3-7-12-20/h2-7,9-12,14-15,17,22,25,34H,8,13,16,18H2,1H3/t22-/m1/s1. The van der Waals surface area contributed by atoms with Gasteiger partial charge in [-0.25, -0.2) is 4.98 Å². The number of benzene rings is 2. The maximum Gasteiger partial charge on any atom is 0.223 e. The number of hydrogen-bond acceptors (Lipinski definition) is 5. The molecule has 1 N–H and O–H groups in total. The van der Waals surface area contributed by atoms with Gasteiger partial charge in [0, 0.05) is 44.9 Å². The van der Waals surface area contributed by atoms with Crippen molar-refractivity contribution in [1.82, 2.24) is 14.1 Å². The SMILES string of the molecule is COCCCC(=O)c1cnc2n1C[C@H](C(c1ccccc1)c1ccccc1)n1ccc(=O)c(O)c1-2. The zero-order valence-corrected chi connectivity index (χ0v) is 19.5. The van der Waals surface area contributed by atoms with Gasteiger partial charge in [0.05, 0.1) is 12.2 Å². The molecule has 0 saturated carbocycles. The molecule has 0 spiro atoms. The number of imidazole rings is 1. The molecule has 0 unspecified atom stereocenters. The number of Topliss-reactive ketones (excluding diaryl/α,β-unsaturated/α-hetero) is 1. The van der Waals surface area contributed by atoms with Crippen molar-refractivity contribution in [2.75, 3.05) is 13.7 Å². The number of carbonyl (C=O) groups is 1. The Morgan fingerprint density at radius 3 is 2.37 bits per heavy atom. The molecule has 2 aromatic heterocycles. The van der Waals surface area contributed by atoms with E-state index in [1.807, 2.05) is 45.5 Å². The van der Waals surface area contributed by atoms with Gasteiger partial charge in [-0.2, -0.15) is 0 Å². The zero-order chi connectivity index (χ0) is 24.4. The summed E-state index contributed by atoms with van der Waals surface area (Å²) >= 11 is 0. The van der Waals surface area contributed by atoms with Crippen LogP contribution in [-0.4, -0.2) is 38.7 Å². The van der Waals surface area contributed by atoms with Crippen LogP contribution in [0.5, 0.6) is 5.75 Å². The average molecular weight is 470 g/mol. The molecule has 0 saturated heterocycles. The highest BCUT2D eigenvalue weighted by molar-refractivity contribution is 5.95. The molecule has 7 nitrogen and oxygen atoms in total. The Labute approximate surface area is 203 Å². The number of hydrogen-bond donors (Lipinski definition) is 1. The van der Waals surface area contributed by atoms with Gasteiger partial charge in [0.1, 0.15) is 11.4 Å². The van der Waals surface area contributed by atoms with Crippen molar-refractivity contribution in [3.05, 3.63) is 106 Å². The second-order valence-electron chi connectivity index (χ2n) is 8.75. The minimum absolute atomic E-state index is 0.0401. The minimum Gasteiger partial charge on any atom is -0.503 e. The van der Waals surface area contributed by atoms with Crippen LogP contribution in [0.15, 0.2) is 83.9 Å². The van der Waals surface area contributed by atoms with Crippen molar-refractivity contribution in [2.24, 2.45) is 0 Å². The summed E-state index contributed by atoms with van der Waals surface area (Å²) in [6.07, 6.45) is 4.21. The molecule has 0 radical (unpaired) electrons. The Balaban J connectivity index is 1.68. The van der Waals surface area contributed by atoms with E-state index in [9.17, 15) is 14.7 Å². The Kier molecular flexibility index (Phi) is 6.33. The predicted molar refractivity (Wildman–Crippen MR) is 133 cm³/mol. The Morgan fingerprint density at radius 1 is 1.09 bits per heavy atom. The second kappa shape index (κ2) is 9.72. The lowest BCUT2D eigenvalue weighted by molar-refractivity contribution is 0.0953. The molecule has 35 heavy (non-hydrogen) atoms. The third-order valence-corrected chi connectivity index (χ3v) is 6.64. The quantitative estimate of drug-likeness (QED) is 0.305. The summed E-state index contributed by atoms with van der Waals surface area (Å²) in [6.45, 7) is 0.961. The van der Waals surface area contributed by atoms with Gasteiger partial charge < -0.3 is 19.0 Å². The lowest BCUT2D eigenvalue weighted by Crippen LogP contribution is -2.32. The number of fused-ring (bicyclic) bond motifs is 3. The molecule has 0 aliphatic carbocycles. The van der Waals surface area contributed by atoms with Crippen LogP contribution >= 0.6 is 0 Å². The number of pyridine rings is 1. The predicted octanol–water partition coefficient (Wildman–Crippen LogP) is 4.41. The molecule has 0 amide bonds. The Hall–Kier alpha value is -3.97. The fourth-order valence-corrected chi connectivity index (χ4v) is 5.01. The molecular formula is C28H27N3O4. The topological polar surface area (TPSA) is 86.4 Å². The van der Waals surface area contributed by atoms with Crippen LogP contribution in [0.1, 0.15) is 46.4 Å². The fourth-order valence-electron chi connectivity index (χ4n) is 5.01. The van der Waals surface area contributed by atoms with Gasteiger partial charge in [-0.05, 0) is 17.5 Å². The number of carbonyl (C=O) groups excluding carboxylic acids is 1. The largest absolute Gasteiger partial charge is 0.503 e. The molecule has 1 aliphatic heterocycles. The van der Waals surface area contributed by atoms with Crippen molar-refractivity contribution in [1.29, 1.82) is 0 Å². The van der Waals surface area contributed by atoms with E-state index < -0.39 is 5.43 Å². The van der Waals surface area contributed by atoms with Crippen LogP contribution in [0, 0.1) is 0 Å². The average Bonchev–Trinajstić information content (AvgIpc) is 3.31. The molecule has 0 fully saturated rings. The molecule has 1 aliphatic rings. The van der Waals surface area contributed by atoms with Gasteiger partial charge in [-0.3, -0.25) is 9.59 Å². The first-order valence-electron chi connectivity index (χ1n) is 11.7. The lowest BCUT2D eigenvalue weighted by Gasteiger charge is -2.36. The third-order valence-electron chi connectivity index (χ3n) is 6.64. The summed E-state index contributed by atoms with van der Waals surface area (Å²) < 4.78 is 8.89. The van der Waals surface area contributed by atoms with E-state index in [1.54, 1.807) is 19.5 Å². The van der Waals surface area contributed by atoms with Crippen molar-refractivity contribution >= 4 is 5.78 Å². The Morgan fingerprint density at radius 2 is 1.74 bits per heavy atom. The summed E-state index contributed by atoms with van der Waals surface area (Å²) in [4.78, 5) is 30.0. The number of nitrogens with zero attached hydrogens (tertiary/aromatic N) is 3.